The normalized spacial score (nSPS) is 16.8. The zero-order chi connectivity index (χ0) is 17.3. The molecule has 1 atom stereocenters. The van der Waals surface area contributed by atoms with Crippen LogP contribution in [0.3, 0.4) is 0 Å². The second-order valence-corrected chi connectivity index (χ2v) is 7.95. The molecule has 0 unspecified atom stereocenters. The van der Waals surface area contributed by atoms with Gasteiger partial charge in [0.25, 0.3) is 5.91 Å². The lowest BCUT2D eigenvalue weighted by atomic mass is 10.1. The van der Waals surface area contributed by atoms with Gasteiger partial charge in [-0.2, -0.15) is 0 Å². The number of hydrogen-bond acceptors (Lipinski definition) is 3. The Bertz CT molecular complexity index is 860. The van der Waals surface area contributed by atoms with Crippen molar-refractivity contribution in [3.8, 4) is 0 Å². The van der Waals surface area contributed by atoms with Gasteiger partial charge in [0, 0.05) is 23.0 Å². The molecule has 0 aromatic heterocycles. The molecule has 1 aliphatic rings. The van der Waals surface area contributed by atoms with E-state index in [1.54, 1.807) is 36.1 Å². The van der Waals surface area contributed by atoms with Crippen LogP contribution in [0.1, 0.15) is 29.8 Å². The smallest absolute Gasteiger partial charge is 0.258 e. The number of carbonyl (C=O) groups excluding carboxylic acids is 1. The van der Waals surface area contributed by atoms with Gasteiger partial charge in [-0.25, -0.2) is 8.42 Å². The summed E-state index contributed by atoms with van der Waals surface area (Å²) in [5.41, 5.74) is 3.12. The molecule has 5 nitrogen and oxygen atoms in total. The SMILES string of the molecule is CCS(=O)(=O)Nc1ccc(C(=O)N2c3ccccc3C[C@@H]2C)cc1. The van der Waals surface area contributed by atoms with Gasteiger partial charge in [-0.3, -0.25) is 9.52 Å². The van der Waals surface area contributed by atoms with Crippen LogP contribution < -0.4 is 9.62 Å². The molecule has 1 heterocycles. The van der Waals surface area contributed by atoms with Crippen molar-refractivity contribution in [3.05, 3.63) is 59.7 Å². The molecule has 0 spiro atoms. The third-order valence-corrected chi connectivity index (χ3v) is 5.52. The van der Waals surface area contributed by atoms with Crippen LogP contribution in [0, 0.1) is 0 Å². The van der Waals surface area contributed by atoms with E-state index in [0.29, 0.717) is 11.3 Å². The van der Waals surface area contributed by atoms with Crippen molar-refractivity contribution < 1.29 is 13.2 Å². The first-order chi connectivity index (χ1) is 11.4. The molecule has 1 aliphatic heterocycles. The highest BCUT2D eigenvalue weighted by atomic mass is 32.2. The Morgan fingerprint density at radius 2 is 1.83 bits per heavy atom. The first-order valence-electron chi connectivity index (χ1n) is 7.93. The fourth-order valence-electron chi connectivity index (χ4n) is 2.95. The maximum atomic E-state index is 12.9. The third-order valence-electron chi connectivity index (χ3n) is 4.21. The molecule has 0 fully saturated rings. The van der Waals surface area contributed by atoms with Gasteiger partial charge in [0.1, 0.15) is 0 Å². The number of nitrogens with one attached hydrogen (secondary N) is 1. The number of sulfonamides is 1. The summed E-state index contributed by atoms with van der Waals surface area (Å²) in [6.07, 6.45) is 0.844. The molecule has 24 heavy (non-hydrogen) atoms. The molecule has 1 amide bonds. The molecule has 2 aromatic rings. The second kappa shape index (κ2) is 6.28. The molecule has 0 radical (unpaired) electrons. The highest BCUT2D eigenvalue weighted by Crippen LogP contribution is 2.33. The van der Waals surface area contributed by atoms with Gasteiger partial charge in [-0.05, 0) is 56.2 Å². The second-order valence-electron chi connectivity index (χ2n) is 5.94. The number of para-hydroxylation sites is 1. The van der Waals surface area contributed by atoms with Crippen LogP contribution in [-0.4, -0.2) is 26.1 Å². The van der Waals surface area contributed by atoms with Crippen molar-refractivity contribution in [2.75, 3.05) is 15.4 Å². The molecular weight excluding hydrogens is 324 g/mol. The number of benzene rings is 2. The minimum Gasteiger partial charge on any atom is -0.305 e. The fraction of sp³-hybridized carbons (Fsp3) is 0.278. The van der Waals surface area contributed by atoms with Crippen molar-refractivity contribution in [1.29, 1.82) is 0 Å². The topological polar surface area (TPSA) is 66.5 Å². The molecular formula is C18H20N2O3S. The molecule has 3 rings (SSSR count). The summed E-state index contributed by atoms with van der Waals surface area (Å²) < 4.78 is 25.7. The molecule has 0 saturated carbocycles. The number of amides is 1. The van der Waals surface area contributed by atoms with Crippen molar-refractivity contribution >= 4 is 27.3 Å². The first kappa shape index (κ1) is 16.5. The average Bonchev–Trinajstić information content (AvgIpc) is 2.90. The minimum absolute atomic E-state index is 0.00968. The number of rotatable bonds is 4. The van der Waals surface area contributed by atoms with Gasteiger partial charge in [0.05, 0.1) is 5.75 Å². The maximum Gasteiger partial charge on any atom is 0.258 e. The summed E-state index contributed by atoms with van der Waals surface area (Å²) in [6.45, 7) is 3.61. The fourth-order valence-corrected chi connectivity index (χ4v) is 3.59. The summed E-state index contributed by atoms with van der Waals surface area (Å²) in [7, 11) is -3.32. The number of hydrogen-bond donors (Lipinski definition) is 1. The van der Waals surface area contributed by atoms with E-state index in [1.807, 2.05) is 31.2 Å². The van der Waals surface area contributed by atoms with Crippen molar-refractivity contribution in [1.82, 2.24) is 0 Å². The Labute approximate surface area is 142 Å². The minimum atomic E-state index is -3.32. The van der Waals surface area contributed by atoms with Crippen LogP contribution in [0.15, 0.2) is 48.5 Å². The van der Waals surface area contributed by atoms with Crippen molar-refractivity contribution in [3.63, 3.8) is 0 Å². The Morgan fingerprint density at radius 3 is 2.50 bits per heavy atom. The van der Waals surface area contributed by atoms with Crippen LogP contribution in [0.4, 0.5) is 11.4 Å². The summed E-state index contributed by atoms with van der Waals surface area (Å²) in [5, 5.41) is 0. The van der Waals surface area contributed by atoms with E-state index < -0.39 is 10.0 Å². The molecule has 0 bridgehead atoms. The molecule has 2 aromatic carbocycles. The number of nitrogens with zero attached hydrogens (tertiary/aromatic N) is 1. The van der Waals surface area contributed by atoms with Crippen LogP contribution >= 0.6 is 0 Å². The zero-order valence-corrected chi connectivity index (χ0v) is 14.5. The van der Waals surface area contributed by atoms with Gasteiger partial charge in [0.2, 0.25) is 10.0 Å². The molecule has 6 heteroatoms. The van der Waals surface area contributed by atoms with Crippen molar-refractivity contribution in [2.24, 2.45) is 0 Å². The largest absolute Gasteiger partial charge is 0.305 e. The Hall–Kier alpha value is -2.34. The Morgan fingerprint density at radius 1 is 1.17 bits per heavy atom. The van der Waals surface area contributed by atoms with Crippen LogP contribution in [-0.2, 0) is 16.4 Å². The lowest BCUT2D eigenvalue weighted by Gasteiger charge is -2.23. The molecule has 0 saturated heterocycles. The predicted molar refractivity (Wildman–Crippen MR) is 95.9 cm³/mol. The number of carbonyl (C=O) groups is 1. The predicted octanol–water partition coefficient (Wildman–Crippen LogP) is 3.04. The average molecular weight is 344 g/mol. The summed E-state index contributed by atoms with van der Waals surface area (Å²) >= 11 is 0. The number of fused-ring (bicyclic) bond motifs is 1. The van der Waals surface area contributed by atoms with E-state index in [9.17, 15) is 13.2 Å². The lowest BCUT2D eigenvalue weighted by molar-refractivity contribution is 0.0981. The van der Waals surface area contributed by atoms with E-state index in [4.69, 9.17) is 0 Å². The van der Waals surface area contributed by atoms with E-state index >= 15 is 0 Å². The summed E-state index contributed by atoms with van der Waals surface area (Å²) in [5.74, 6) is -0.0622. The molecule has 1 N–H and O–H groups in total. The zero-order valence-electron chi connectivity index (χ0n) is 13.7. The van der Waals surface area contributed by atoms with Gasteiger partial charge < -0.3 is 4.90 Å². The Balaban J connectivity index is 1.84. The standard InChI is InChI=1S/C18H20N2O3S/c1-3-24(22,23)19-16-10-8-14(9-11-16)18(21)20-13(2)12-15-6-4-5-7-17(15)20/h4-11,13,19H,3,12H2,1-2H3/t13-/m0/s1. The number of anilines is 2. The van der Waals surface area contributed by atoms with Gasteiger partial charge in [0.15, 0.2) is 0 Å². The van der Waals surface area contributed by atoms with Crippen LogP contribution in [0.2, 0.25) is 0 Å². The van der Waals surface area contributed by atoms with Gasteiger partial charge in [-0.15, -0.1) is 0 Å². The molecule has 126 valence electrons. The lowest BCUT2D eigenvalue weighted by Crippen LogP contribution is -2.35. The first-order valence-corrected chi connectivity index (χ1v) is 9.58. The van der Waals surface area contributed by atoms with E-state index in [-0.39, 0.29) is 17.7 Å². The molecule has 0 aliphatic carbocycles. The Kier molecular flexibility index (Phi) is 4.32. The summed E-state index contributed by atoms with van der Waals surface area (Å²) in [4.78, 5) is 14.7. The van der Waals surface area contributed by atoms with Crippen molar-refractivity contribution in [2.45, 2.75) is 26.3 Å². The van der Waals surface area contributed by atoms with Crippen LogP contribution in [0.25, 0.3) is 0 Å². The quantitative estimate of drug-likeness (QED) is 0.927. The van der Waals surface area contributed by atoms with E-state index in [0.717, 1.165) is 12.1 Å². The summed E-state index contributed by atoms with van der Waals surface area (Å²) in [6, 6.07) is 14.6. The monoisotopic (exact) mass is 344 g/mol. The van der Waals surface area contributed by atoms with E-state index in [2.05, 4.69) is 4.72 Å². The third kappa shape index (κ3) is 3.14. The van der Waals surface area contributed by atoms with Crippen LogP contribution in [0.5, 0.6) is 0 Å². The highest BCUT2D eigenvalue weighted by molar-refractivity contribution is 7.92. The maximum absolute atomic E-state index is 12.9. The van der Waals surface area contributed by atoms with E-state index in [1.165, 1.54) is 5.56 Å². The highest BCUT2D eigenvalue weighted by Gasteiger charge is 2.31. The van der Waals surface area contributed by atoms with Gasteiger partial charge in [-0.1, -0.05) is 18.2 Å². The van der Waals surface area contributed by atoms with Gasteiger partial charge >= 0.3 is 0 Å².